The molecule has 5 heteroatoms. The minimum Gasteiger partial charge on any atom is -0.337 e. The van der Waals surface area contributed by atoms with Crippen molar-refractivity contribution >= 4 is 27.5 Å². The monoisotopic (exact) mass is 392 g/mol. The van der Waals surface area contributed by atoms with Crippen molar-refractivity contribution < 1.29 is 9.69 Å². The van der Waals surface area contributed by atoms with Gasteiger partial charge in [-0.2, -0.15) is 0 Å². The molecule has 2 atom stereocenters. The Hall–Kier alpha value is -2.24. The molecule has 0 bridgehead atoms. The molecule has 1 amide bonds. The number of carbonyl (C=O) groups is 1. The summed E-state index contributed by atoms with van der Waals surface area (Å²) < 4.78 is 1.25. The molecule has 1 unspecified atom stereocenters. The van der Waals surface area contributed by atoms with Crippen LogP contribution in [0.5, 0.6) is 0 Å². The number of nitrogens with one attached hydrogen (secondary N) is 1. The molecule has 0 aliphatic carbocycles. The standard InChI is InChI=1S/C23H25N3OS/c27-22(16-25-13-11-17-6-1-2-7-18(17)14-25)26-12-5-8-19(15-26)23-24-20-9-3-4-10-21(20)28-23/h1-4,6-7,9-10,19H,5,8,11-16H2/p+1/t19-/m1/s1. The maximum absolute atomic E-state index is 13.0. The summed E-state index contributed by atoms with van der Waals surface area (Å²) in [6.45, 7) is 4.35. The first-order valence-electron chi connectivity index (χ1n) is 10.3. The number of piperidine rings is 1. The maximum Gasteiger partial charge on any atom is 0.277 e. The Morgan fingerprint density at radius 2 is 1.96 bits per heavy atom. The lowest BCUT2D eigenvalue weighted by Gasteiger charge is -2.33. The lowest BCUT2D eigenvalue weighted by molar-refractivity contribution is -0.908. The number of hydrogen-bond acceptors (Lipinski definition) is 3. The van der Waals surface area contributed by atoms with E-state index in [1.165, 1.54) is 25.7 Å². The molecule has 2 aliphatic heterocycles. The average Bonchev–Trinajstić information content (AvgIpc) is 3.18. The van der Waals surface area contributed by atoms with Crippen LogP contribution >= 0.6 is 11.3 Å². The summed E-state index contributed by atoms with van der Waals surface area (Å²) in [4.78, 5) is 21.3. The topological polar surface area (TPSA) is 37.6 Å². The van der Waals surface area contributed by atoms with Gasteiger partial charge >= 0.3 is 0 Å². The number of fused-ring (bicyclic) bond motifs is 2. The van der Waals surface area contributed by atoms with Crippen LogP contribution in [0.15, 0.2) is 48.5 Å². The summed E-state index contributed by atoms with van der Waals surface area (Å²) in [5.41, 5.74) is 3.94. The largest absolute Gasteiger partial charge is 0.337 e. The Kier molecular flexibility index (Phi) is 4.87. The zero-order valence-electron chi connectivity index (χ0n) is 16.1. The quantitative estimate of drug-likeness (QED) is 0.744. The number of likely N-dealkylation sites (tertiary alicyclic amines) is 1. The molecule has 1 aromatic heterocycles. The zero-order chi connectivity index (χ0) is 18.9. The smallest absolute Gasteiger partial charge is 0.277 e. The molecule has 0 radical (unpaired) electrons. The Morgan fingerprint density at radius 3 is 2.86 bits per heavy atom. The molecular formula is C23H26N3OS+. The molecule has 144 valence electrons. The summed E-state index contributed by atoms with van der Waals surface area (Å²) in [5, 5.41) is 1.19. The van der Waals surface area contributed by atoms with Gasteiger partial charge in [-0.1, -0.05) is 36.4 Å². The number of aromatic nitrogens is 1. The van der Waals surface area contributed by atoms with Gasteiger partial charge < -0.3 is 9.80 Å². The lowest BCUT2D eigenvalue weighted by atomic mass is 9.98. The van der Waals surface area contributed by atoms with E-state index in [0.717, 1.165) is 51.0 Å². The van der Waals surface area contributed by atoms with Crippen molar-refractivity contribution in [3.63, 3.8) is 0 Å². The van der Waals surface area contributed by atoms with Crippen LogP contribution in [0.25, 0.3) is 10.2 Å². The Balaban J connectivity index is 1.24. The van der Waals surface area contributed by atoms with Gasteiger partial charge in [-0.3, -0.25) is 4.79 Å². The molecule has 2 aromatic carbocycles. The van der Waals surface area contributed by atoms with Crippen molar-refractivity contribution in [3.8, 4) is 0 Å². The van der Waals surface area contributed by atoms with Crippen molar-refractivity contribution in [2.75, 3.05) is 26.2 Å². The minimum absolute atomic E-state index is 0.306. The lowest BCUT2D eigenvalue weighted by Crippen LogP contribution is -3.12. The van der Waals surface area contributed by atoms with Gasteiger partial charge in [0.2, 0.25) is 0 Å². The summed E-state index contributed by atoms with van der Waals surface area (Å²) in [7, 11) is 0. The van der Waals surface area contributed by atoms with Crippen molar-refractivity contribution in [3.05, 3.63) is 64.7 Å². The third-order valence-corrected chi connectivity index (χ3v) is 7.34. The SMILES string of the molecule is O=C(C[NH+]1CCc2ccccc2C1)N1CCC[C@@H](c2nc3ccccc3s2)C1. The van der Waals surface area contributed by atoms with E-state index in [9.17, 15) is 4.79 Å². The van der Waals surface area contributed by atoms with E-state index in [4.69, 9.17) is 4.98 Å². The molecule has 4 nitrogen and oxygen atoms in total. The van der Waals surface area contributed by atoms with Gasteiger partial charge in [-0.25, -0.2) is 4.98 Å². The van der Waals surface area contributed by atoms with Crippen LogP contribution in [0, 0.1) is 0 Å². The fourth-order valence-corrected chi connectivity index (χ4v) is 5.68. The van der Waals surface area contributed by atoms with Crippen LogP contribution in [0.4, 0.5) is 0 Å². The predicted molar refractivity (Wildman–Crippen MR) is 113 cm³/mol. The summed E-state index contributed by atoms with van der Waals surface area (Å²) in [5.74, 6) is 0.687. The van der Waals surface area contributed by atoms with Gasteiger partial charge in [-0.15, -0.1) is 11.3 Å². The second-order valence-electron chi connectivity index (χ2n) is 8.07. The van der Waals surface area contributed by atoms with E-state index in [1.807, 2.05) is 6.07 Å². The summed E-state index contributed by atoms with van der Waals surface area (Å²) >= 11 is 1.79. The van der Waals surface area contributed by atoms with Crippen LogP contribution in [-0.2, 0) is 17.8 Å². The second-order valence-corrected chi connectivity index (χ2v) is 9.13. The number of nitrogens with zero attached hydrogens (tertiary/aromatic N) is 2. The first kappa shape index (κ1) is 17.8. The molecule has 2 aliphatic rings. The zero-order valence-corrected chi connectivity index (χ0v) is 16.9. The number of hydrogen-bond donors (Lipinski definition) is 1. The Bertz CT molecular complexity index is 965. The third kappa shape index (κ3) is 3.56. The van der Waals surface area contributed by atoms with Crippen molar-refractivity contribution in [2.45, 2.75) is 31.7 Å². The Labute approximate surface area is 169 Å². The highest BCUT2D eigenvalue weighted by Crippen LogP contribution is 2.32. The molecule has 1 saturated heterocycles. The molecule has 28 heavy (non-hydrogen) atoms. The number of amides is 1. The molecule has 3 heterocycles. The van der Waals surface area contributed by atoms with E-state index in [2.05, 4.69) is 47.4 Å². The van der Waals surface area contributed by atoms with E-state index in [0.29, 0.717) is 18.4 Å². The van der Waals surface area contributed by atoms with Crippen LogP contribution in [0.3, 0.4) is 0 Å². The van der Waals surface area contributed by atoms with Crippen LogP contribution < -0.4 is 4.90 Å². The highest BCUT2D eigenvalue weighted by Gasteiger charge is 2.30. The maximum atomic E-state index is 13.0. The molecular weight excluding hydrogens is 366 g/mol. The summed E-state index contributed by atoms with van der Waals surface area (Å²) in [6, 6.07) is 17.0. The highest BCUT2D eigenvalue weighted by atomic mass is 32.1. The predicted octanol–water partition coefficient (Wildman–Crippen LogP) is 2.64. The fraction of sp³-hybridized carbons (Fsp3) is 0.391. The van der Waals surface area contributed by atoms with Gasteiger partial charge in [0.15, 0.2) is 6.54 Å². The van der Waals surface area contributed by atoms with Gasteiger partial charge in [0.1, 0.15) is 6.54 Å². The third-order valence-electron chi connectivity index (χ3n) is 6.14. The number of benzene rings is 2. The van der Waals surface area contributed by atoms with Crippen LogP contribution in [-0.4, -0.2) is 42.0 Å². The Morgan fingerprint density at radius 1 is 1.14 bits per heavy atom. The van der Waals surface area contributed by atoms with Crippen LogP contribution in [0.2, 0.25) is 0 Å². The van der Waals surface area contributed by atoms with Crippen molar-refractivity contribution in [1.82, 2.24) is 9.88 Å². The molecule has 1 N–H and O–H groups in total. The minimum atomic E-state index is 0.306. The van der Waals surface area contributed by atoms with Crippen molar-refractivity contribution in [2.24, 2.45) is 0 Å². The molecule has 3 aromatic rings. The number of quaternary nitrogens is 1. The normalized spacial score (nSPS) is 22.2. The molecule has 5 rings (SSSR count). The van der Waals surface area contributed by atoms with E-state index < -0.39 is 0 Å². The molecule has 0 saturated carbocycles. The van der Waals surface area contributed by atoms with E-state index in [1.54, 1.807) is 11.3 Å². The van der Waals surface area contributed by atoms with Gasteiger partial charge in [0, 0.05) is 31.0 Å². The average molecular weight is 393 g/mol. The first-order valence-corrected chi connectivity index (χ1v) is 11.1. The fourth-order valence-electron chi connectivity index (χ4n) is 4.59. The molecule has 1 fully saturated rings. The number of carbonyl (C=O) groups excluding carboxylic acids is 1. The number of thiazole rings is 1. The summed E-state index contributed by atoms with van der Waals surface area (Å²) in [6.07, 6.45) is 3.28. The van der Waals surface area contributed by atoms with E-state index >= 15 is 0 Å². The van der Waals surface area contributed by atoms with Gasteiger partial charge in [-0.05, 0) is 30.5 Å². The van der Waals surface area contributed by atoms with Gasteiger partial charge in [0.05, 0.1) is 21.8 Å². The number of para-hydroxylation sites is 1. The van der Waals surface area contributed by atoms with Gasteiger partial charge in [0.25, 0.3) is 5.91 Å². The second kappa shape index (κ2) is 7.64. The highest BCUT2D eigenvalue weighted by molar-refractivity contribution is 7.18. The first-order chi connectivity index (χ1) is 13.8. The van der Waals surface area contributed by atoms with E-state index in [-0.39, 0.29) is 0 Å². The van der Waals surface area contributed by atoms with Crippen molar-refractivity contribution in [1.29, 1.82) is 0 Å². The molecule has 0 spiro atoms. The van der Waals surface area contributed by atoms with Crippen LogP contribution in [0.1, 0.15) is 34.9 Å². The number of rotatable bonds is 3.